The van der Waals surface area contributed by atoms with E-state index in [1.807, 2.05) is 25.1 Å². The number of carbonyl (C=O) groups is 1. The van der Waals surface area contributed by atoms with Gasteiger partial charge < -0.3 is 15.4 Å². The van der Waals surface area contributed by atoms with Crippen molar-refractivity contribution in [1.29, 1.82) is 0 Å². The Labute approximate surface area is 108 Å². The first kappa shape index (κ1) is 13.1. The summed E-state index contributed by atoms with van der Waals surface area (Å²) in [4.78, 5) is 12.0. The standard InChI is InChI=1S/C14H20N2O2/c1-10(5-6-18-2)16-14(17)11-3-4-12-8-15-9-13(12)7-11/h3-4,7,10,15H,5-6,8-9H2,1-2H3,(H,16,17). The molecule has 0 fully saturated rings. The van der Waals surface area contributed by atoms with E-state index in [4.69, 9.17) is 4.74 Å². The minimum atomic E-state index is -0.00620. The zero-order chi connectivity index (χ0) is 13.0. The zero-order valence-electron chi connectivity index (χ0n) is 11.0. The number of ether oxygens (including phenoxy) is 1. The second-order valence-corrected chi connectivity index (χ2v) is 4.74. The van der Waals surface area contributed by atoms with Crippen LogP contribution >= 0.6 is 0 Å². The van der Waals surface area contributed by atoms with Crippen LogP contribution in [-0.2, 0) is 17.8 Å². The van der Waals surface area contributed by atoms with Gasteiger partial charge in [0.2, 0.25) is 0 Å². The van der Waals surface area contributed by atoms with Crippen molar-refractivity contribution in [2.45, 2.75) is 32.5 Å². The van der Waals surface area contributed by atoms with Crippen LogP contribution in [0.1, 0.15) is 34.8 Å². The number of carbonyl (C=O) groups excluding carboxylic acids is 1. The Balaban J connectivity index is 1.96. The average molecular weight is 248 g/mol. The van der Waals surface area contributed by atoms with Crippen LogP contribution in [0.3, 0.4) is 0 Å². The van der Waals surface area contributed by atoms with Gasteiger partial charge in [-0.2, -0.15) is 0 Å². The number of hydrogen-bond donors (Lipinski definition) is 2. The molecule has 2 N–H and O–H groups in total. The molecule has 1 aliphatic rings. The molecule has 4 heteroatoms. The Hall–Kier alpha value is -1.39. The van der Waals surface area contributed by atoms with Crippen LogP contribution in [-0.4, -0.2) is 25.7 Å². The first-order valence-corrected chi connectivity index (χ1v) is 6.33. The molecule has 98 valence electrons. The molecule has 1 amide bonds. The lowest BCUT2D eigenvalue weighted by Gasteiger charge is -2.13. The summed E-state index contributed by atoms with van der Waals surface area (Å²) in [6, 6.07) is 6.03. The Morgan fingerprint density at radius 2 is 2.22 bits per heavy atom. The van der Waals surface area contributed by atoms with Gasteiger partial charge in [-0.25, -0.2) is 0 Å². The fraction of sp³-hybridized carbons (Fsp3) is 0.500. The summed E-state index contributed by atoms with van der Waals surface area (Å²) in [5, 5.41) is 6.26. The molecule has 1 aromatic rings. The molecule has 0 aromatic heterocycles. The van der Waals surface area contributed by atoms with Crippen molar-refractivity contribution in [2.75, 3.05) is 13.7 Å². The van der Waals surface area contributed by atoms with Gasteiger partial charge in [-0.1, -0.05) is 6.07 Å². The fourth-order valence-corrected chi connectivity index (χ4v) is 2.11. The van der Waals surface area contributed by atoms with Gasteiger partial charge in [0.05, 0.1) is 0 Å². The maximum Gasteiger partial charge on any atom is 0.251 e. The smallest absolute Gasteiger partial charge is 0.251 e. The largest absolute Gasteiger partial charge is 0.385 e. The van der Waals surface area contributed by atoms with Gasteiger partial charge in [-0.05, 0) is 36.6 Å². The SMILES string of the molecule is COCCC(C)NC(=O)c1ccc2c(c1)CNC2. The Morgan fingerprint density at radius 1 is 1.44 bits per heavy atom. The number of methoxy groups -OCH3 is 1. The first-order valence-electron chi connectivity index (χ1n) is 6.33. The highest BCUT2D eigenvalue weighted by Gasteiger charge is 2.14. The number of fused-ring (bicyclic) bond motifs is 1. The molecule has 1 atom stereocenters. The van der Waals surface area contributed by atoms with Crippen LogP contribution in [0.15, 0.2) is 18.2 Å². The van der Waals surface area contributed by atoms with E-state index >= 15 is 0 Å². The molecular formula is C14H20N2O2. The van der Waals surface area contributed by atoms with Crippen molar-refractivity contribution < 1.29 is 9.53 Å². The van der Waals surface area contributed by atoms with Gasteiger partial charge in [-0.15, -0.1) is 0 Å². The van der Waals surface area contributed by atoms with Crippen LogP contribution in [0.2, 0.25) is 0 Å². The van der Waals surface area contributed by atoms with Crippen molar-refractivity contribution in [1.82, 2.24) is 10.6 Å². The summed E-state index contributed by atoms with van der Waals surface area (Å²) in [5.41, 5.74) is 3.26. The zero-order valence-corrected chi connectivity index (χ0v) is 11.0. The summed E-state index contributed by atoms with van der Waals surface area (Å²) < 4.78 is 5.00. The molecular weight excluding hydrogens is 228 g/mol. The van der Waals surface area contributed by atoms with E-state index in [-0.39, 0.29) is 11.9 Å². The minimum absolute atomic E-state index is 0.00620. The van der Waals surface area contributed by atoms with E-state index in [9.17, 15) is 4.79 Å². The highest BCUT2D eigenvalue weighted by Crippen LogP contribution is 2.17. The molecule has 0 spiro atoms. The highest BCUT2D eigenvalue weighted by molar-refractivity contribution is 5.94. The molecule has 1 unspecified atom stereocenters. The number of nitrogens with one attached hydrogen (secondary N) is 2. The van der Waals surface area contributed by atoms with Crippen LogP contribution in [0.5, 0.6) is 0 Å². The molecule has 0 bridgehead atoms. The molecule has 0 radical (unpaired) electrons. The predicted octanol–water partition coefficient (Wildman–Crippen LogP) is 1.44. The van der Waals surface area contributed by atoms with E-state index < -0.39 is 0 Å². The molecule has 0 saturated carbocycles. The van der Waals surface area contributed by atoms with Crippen molar-refractivity contribution in [2.24, 2.45) is 0 Å². The van der Waals surface area contributed by atoms with Crippen molar-refractivity contribution in [3.63, 3.8) is 0 Å². The topological polar surface area (TPSA) is 50.4 Å². The van der Waals surface area contributed by atoms with Gasteiger partial charge in [-0.3, -0.25) is 4.79 Å². The average Bonchev–Trinajstić information content (AvgIpc) is 2.83. The molecule has 2 rings (SSSR count). The third kappa shape index (κ3) is 3.09. The van der Waals surface area contributed by atoms with Crippen LogP contribution in [0, 0.1) is 0 Å². The first-order chi connectivity index (χ1) is 8.70. The number of amides is 1. The summed E-state index contributed by atoms with van der Waals surface area (Å²) in [5.74, 6) is -0.00620. The van der Waals surface area contributed by atoms with Crippen molar-refractivity contribution in [3.8, 4) is 0 Å². The second-order valence-electron chi connectivity index (χ2n) is 4.74. The molecule has 4 nitrogen and oxygen atoms in total. The summed E-state index contributed by atoms with van der Waals surface area (Å²) in [6.45, 7) is 4.42. The van der Waals surface area contributed by atoms with Gasteiger partial charge in [0, 0.05) is 38.4 Å². The molecule has 1 aromatic carbocycles. The van der Waals surface area contributed by atoms with Gasteiger partial charge in [0.25, 0.3) is 5.91 Å². The number of hydrogen-bond acceptors (Lipinski definition) is 3. The lowest BCUT2D eigenvalue weighted by Crippen LogP contribution is -2.33. The maximum absolute atomic E-state index is 12.0. The minimum Gasteiger partial charge on any atom is -0.385 e. The van der Waals surface area contributed by atoms with Crippen LogP contribution < -0.4 is 10.6 Å². The van der Waals surface area contributed by atoms with Crippen LogP contribution in [0.25, 0.3) is 0 Å². The van der Waals surface area contributed by atoms with Gasteiger partial charge in [0.1, 0.15) is 0 Å². The quantitative estimate of drug-likeness (QED) is 0.829. The molecule has 18 heavy (non-hydrogen) atoms. The highest BCUT2D eigenvalue weighted by atomic mass is 16.5. The Kier molecular flexibility index (Phi) is 4.33. The Bertz CT molecular complexity index is 432. The normalized spacial score (nSPS) is 15.2. The fourth-order valence-electron chi connectivity index (χ4n) is 2.11. The lowest BCUT2D eigenvalue weighted by molar-refractivity contribution is 0.0929. The van der Waals surface area contributed by atoms with Crippen molar-refractivity contribution in [3.05, 3.63) is 34.9 Å². The summed E-state index contributed by atoms with van der Waals surface area (Å²) in [7, 11) is 1.67. The number of rotatable bonds is 5. The van der Waals surface area contributed by atoms with E-state index in [0.717, 1.165) is 25.1 Å². The number of benzene rings is 1. The predicted molar refractivity (Wildman–Crippen MR) is 70.4 cm³/mol. The Morgan fingerprint density at radius 3 is 3.00 bits per heavy atom. The lowest BCUT2D eigenvalue weighted by atomic mass is 10.1. The van der Waals surface area contributed by atoms with E-state index in [1.54, 1.807) is 7.11 Å². The van der Waals surface area contributed by atoms with E-state index in [2.05, 4.69) is 10.6 Å². The summed E-state index contributed by atoms with van der Waals surface area (Å²) >= 11 is 0. The molecule has 1 heterocycles. The third-order valence-corrected chi connectivity index (χ3v) is 3.23. The molecule has 0 aliphatic carbocycles. The van der Waals surface area contributed by atoms with E-state index in [1.165, 1.54) is 11.1 Å². The van der Waals surface area contributed by atoms with Gasteiger partial charge in [0.15, 0.2) is 0 Å². The van der Waals surface area contributed by atoms with Gasteiger partial charge >= 0.3 is 0 Å². The van der Waals surface area contributed by atoms with Crippen molar-refractivity contribution >= 4 is 5.91 Å². The molecule has 0 saturated heterocycles. The monoisotopic (exact) mass is 248 g/mol. The van der Waals surface area contributed by atoms with E-state index in [0.29, 0.717) is 6.61 Å². The summed E-state index contributed by atoms with van der Waals surface area (Å²) in [6.07, 6.45) is 0.828. The maximum atomic E-state index is 12.0. The second kappa shape index (κ2) is 5.98. The molecule has 1 aliphatic heterocycles. The van der Waals surface area contributed by atoms with Crippen LogP contribution in [0.4, 0.5) is 0 Å². The third-order valence-electron chi connectivity index (χ3n) is 3.23.